The second-order valence-corrected chi connectivity index (χ2v) is 6.47. The molecule has 0 bridgehead atoms. The summed E-state index contributed by atoms with van der Waals surface area (Å²) in [4.78, 5) is 24.5. The van der Waals surface area contributed by atoms with Crippen LogP contribution >= 0.6 is 0 Å². The lowest BCUT2D eigenvalue weighted by molar-refractivity contribution is -0.123. The molecule has 0 aliphatic carbocycles. The third-order valence-electron chi connectivity index (χ3n) is 3.69. The van der Waals surface area contributed by atoms with Gasteiger partial charge < -0.3 is 19.5 Å². The standard InChI is InChI=1S/C21H25NO5/c1-14(2)13-26-17-11-9-16(10-12-17)21(24)27-15(3)20(23)22-18-7-5-6-8-19(18)25-4/h5-12,14-15H,13H2,1-4H3,(H,22,23)/t15-/m0/s1. The predicted octanol–water partition coefficient (Wildman–Crippen LogP) is 3.91. The molecule has 0 radical (unpaired) electrons. The van der Waals surface area contributed by atoms with Gasteiger partial charge in [-0.25, -0.2) is 4.79 Å². The first-order valence-electron chi connectivity index (χ1n) is 8.78. The van der Waals surface area contributed by atoms with Crippen molar-refractivity contribution in [1.82, 2.24) is 0 Å². The molecule has 0 aliphatic heterocycles. The maximum Gasteiger partial charge on any atom is 0.338 e. The van der Waals surface area contributed by atoms with Crippen LogP contribution in [0.4, 0.5) is 5.69 Å². The summed E-state index contributed by atoms with van der Waals surface area (Å²) < 4.78 is 16.0. The molecule has 0 aromatic heterocycles. The van der Waals surface area contributed by atoms with E-state index in [1.54, 1.807) is 48.5 Å². The normalized spacial score (nSPS) is 11.6. The van der Waals surface area contributed by atoms with Crippen molar-refractivity contribution in [3.63, 3.8) is 0 Å². The quantitative estimate of drug-likeness (QED) is 0.712. The van der Waals surface area contributed by atoms with Crippen LogP contribution in [0.25, 0.3) is 0 Å². The number of methoxy groups -OCH3 is 1. The molecule has 144 valence electrons. The third kappa shape index (κ3) is 6.02. The largest absolute Gasteiger partial charge is 0.495 e. The van der Waals surface area contributed by atoms with Gasteiger partial charge in [0.1, 0.15) is 11.5 Å². The zero-order valence-electron chi connectivity index (χ0n) is 16.0. The van der Waals surface area contributed by atoms with E-state index in [2.05, 4.69) is 19.2 Å². The molecule has 1 atom stereocenters. The van der Waals surface area contributed by atoms with Gasteiger partial charge in [-0.2, -0.15) is 0 Å². The summed E-state index contributed by atoms with van der Waals surface area (Å²) >= 11 is 0. The minimum absolute atomic E-state index is 0.351. The number of amides is 1. The molecule has 1 N–H and O–H groups in total. The monoisotopic (exact) mass is 371 g/mol. The molecule has 0 heterocycles. The lowest BCUT2D eigenvalue weighted by Crippen LogP contribution is -2.30. The van der Waals surface area contributed by atoms with Crippen LogP contribution < -0.4 is 14.8 Å². The average Bonchev–Trinajstić information content (AvgIpc) is 2.67. The first kappa shape index (κ1) is 20.3. The summed E-state index contributed by atoms with van der Waals surface area (Å²) in [7, 11) is 1.52. The van der Waals surface area contributed by atoms with Crippen LogP contribution in [0.3, 0.4) is 0 Å². The number of anilines is 1. The molecular weight excluding hydrogens is 346 g/mol. The fourth-order valence-corrected chi connectivity index (χ4v) is 2.21. The number of nitrogens with one attached hydrogen (secondary N) is 1. The van der Waals surface area contributed by atoms with Crippen LogP contribution in [-0.2, 0) is 9.53 Å². The van der Waals surface area contributed by atoms with Crippen molar-refractivity contribution in [3.05, 3.63) is 54.1 Å². The molecule has 0 fully saturated rings. The summed E-state index contributed by atoms with van der Waals surface area (Å²) in [5.74, 6) is 0.610. The van der Waals surface area contributed by atoms with E-state index in [9.17, 15) is 9.59 Å². The van der Waals surface area contributed by atoms with E-state index in [1.165, 1.54) is 14.0 Å². The highest BCUT2D eigenvalue weighted by atomic mass is 16.5. The summed E-state index contributed by atoms with van der Waals surface area (Å²) in [6, 6.07) is 13.7. The Labute approximate surface area is 159 Å². The summed E-state index contributed by atoms with van der Waals surface area (Å²) in [5.41, 5.74) is 0.864. The Balaban J connectivity index is 1.93. The topological polar surface area (TPSA) is 73.9 Å². The van der Waals surface area contributed by atoms with Crippen molar-refractivity contribution >= 4 is 17.6 Å². The van der Waals surface area contributed by atoms with Gasteiger partial charge in [0.2, 0.25) is 0 Å². The van der Waals surface area contributed by atoms with Crippen LogP contribution in [-0.4, -0.2) is 31.7 Å². The Morgan fingerprint density at radius 1 is 1.00 bits per heavy atom. The molecule has 2 aromatic carbocycles. The Morgan fingerprint density at radius 3 is 2.30 bits per heavy atom. The molecule has 0 saturated carbocycles. The lowest BCUT2D eigenvalue weighted by Gasteiger charge is -2.15. The van der Waals surface area contributed by atoms with Gasteiger partial charge in [-0.1, -0.05) is 26.0 Å². The van der Waals surface area contributed by atoms with Gasteiger partial charge in [-0.15, -0.1) is 0 Å². The fraction of sp³-hybridized carbons (Fsp3) is 0.333. The van der Waals surface area contributed by atoms with Crippen molar-refractivity contribution < 1.29 is 23.8 Å². The van der Waals surface area contributed by atoms with Gasteiger partial charge in [-0.05, 0) is 49.2 Å². The predicted molar refractivity (Wildman–Crippen MR) is 103 cm³/mol. The second kappa shape index (κ2) is 9.62. The van der Waals surface area contributed by atoms with Crippen LogP contribution in [0, 0.1) is 5.92 Å². The van der Waals surface area contributed by atoms with Crippen molar-refractivity contribution in [3.8, 4) is 11.5 Å². The molecule has 1 amide bonds. The van der Waals surface area contributed by atoms with E-state index in [0.717, 1.165) is 0 Å². The van der Waals surface area contributed by atoms with Gasteiger partial charge >= 0.3 is 5.97 Å². The number of benzene rings is 2. The van der Waals surface area contributed by atoms with Crippen LogP contribution in [0.5, 0.6) is 11.5 Å². The zero-order chi connectivity index (χ0) is 19.8. The highest BCUT2D eigenvalue weighted by Gasteiger charge is 2.20. The van der Waals surface area contributed by atoms with Gasteiger partial charge in [0.05, 0.1) is 25.0 Å². The first-order chi connectivity index (χ1) is 12.9. The Morgan fingerprint density at radius 2 is 1.67 bits per heavy atom. The number of esters is 1. The molecule has 0 spiro atoms. The van der Waals surface area contributed by atoms with Gasteiger partial charge in [0, 0.05) is 0 Å². The Hall–Kier alpha value is -3.02. The number of para-hydroxylation sites is 2. The second-order valence-electron chi connectivity index (χ2n) is 6.47. The van der Waals surface area contributed by atoms with E-state index >= 15 is 0 Å². The van der Waals surface area contributed by atoms with Crippen molar-refractivity contribution in [2.24, 2.45) is 5.92 Å². The third-order valence-corrected chi connectivity index (χ3v) is 3.69. The number of carbonyl (C=O) groups is 2. The summed E-state index contributed by atoms with van der Waals surface area (Å²) in [6.07, 6.45) is -0.959. The molecule has 0 saturated heterocycles. The molecule has 27 heavy (non-hydrogen) atoms. The van der Waals surface area contributed by atoms with Gasteiger partial charge in [0.25, 0.3) is 5.91 Å². The number of rotatable bonds is 8. The van der Waals surface area contributed by atoms with Crippen LogP contribution in [0.2, 0.25) is 0 Å². The SMILES string of the molecule is COc1ccccc1NC(=O)[C@H](C)OC(=O)c1ccc(OCC(C)C)cc1. The summed E-state index contributed by atoms with van der Waals surface area (Å²) in [6.45, 7) is 6.24. The lowest BCUT2D eigenvalue weighted by atomic mass is 10.2. The highest BCUT2D eigenvalue weighted by Crippen LogP contribution is 2.23. The summed E-state index contributed by atoms with van der Waals surface area (Å²) in [5, 5.41) is 2.69. The molecule has 0 aliphatic rings. The maximum atomic E-state index is 12.3. The smallest absolute Gasteiger partial charge is 0.338 e. The van der Waals surface area contributed by atoms with E-state index < -0.39 is 18.0 Å². The van der Waals surface area contributed by atoms with E-state index in [1.807, 2.05) is 0 Å². The van der Waals surface area contributed by atoms with Gasteiger partial charge in [0.15, 0.2) is 6.10 Å². The van der Waals surface area contributed by atoms with Crippen molar-refractivity contribution in [2.45, 2.75) is 26.9 Å². The molecule has 6 heteroatoms. The average molecular weight is 371 g/mol. The number of hydrogen-bond donors (Lipinski definition) is 1. The number of hydrogen-bond acceptors (Lipinski definition) is 5. The van der Waals surface area contributed by atoms with E-state index in [0.29, 0.717) is 35.3 Å². The number of ether oxygens (including phenoxy) is 3. The highest BCUT2D eigenvalue weighted by molar-refractivity contribution is 5.98. The molecule has 6 nitrogen and oxygen atoms in total. The molecule has 0 unspecified atom stereocenters. The minimum atomic E-state index is -0.959. The number of carbonyl (C=O) groups excluding carboxylic acids is 2. The van der Waals surface area contributed by atoms with E-state index in [4.69, 9.17) is 14.2 Å². The van der Waals surface area contributed by atoms with Crippen LogP contribution in [0.1, 0.15) is 31.1 Å². The Bertz CT molecular complexity index is 770. The molecule has 2 rings (SSSR count). The van der Waals surface area contributed by atoms with Crippen molar-refractivity contribution in [2.75, 3.05) is 19.0 Å². The molecule has 2 aromatic rings. The minimum Gasteiger partial charge on any atom is -0.495 e. The van der Waals surface area contributed by atoms with Gasteiger partial charge in [-0.3, -0.25) is 4.79 Å². The van der Waals surface area contributed by atoms with Crippen LogP contribution in [0.15, 0.2) is 48.5 Å². The zero-order valence-corrected chi connectivity index (χ0v) is 16.0. The molecular formula is C21H25NO5. The Kier molecular flexibility index (Phi) is 7.23. The maximum absolute atomic E-state index is 12.3. The first-order valence-corrected chi connectivity index (χ1v) is 8.78. The fourth-order valence-electron chi connectivity index (χ4n) is 2.21. The van der Waals surface area contributed by atoms with Crippen molar-refractivity contribution in [1.29, 1.82) is 0 Å². The van der Waals surface area contributed by atoms with E-state index in [-0.39, 0.29) is 0 Å².